The standard InChI is InChI=1S/C13H11N3O2/c1-9-4-10(5-14)2-3-11(9)6-16-7-12(13(17)18)15-8-16/h2-4,7-8H,6H2,1H3,(H,17,18). The van der Waals surface area contributed by atoms with Gasteiger partial charge in [0.1, 0.15) is 0 Å². The van der Waals surface area contributed by atoms with Crippen LogP contribution >= 0.6 is 0 Å². The SMILES string of the molecule is Cc1cc(C#N)ccc1Cn1cnc(C(=O)O)c1. The number of imidazole rings is 1. The molecule has 0 amide bonds. The largest absolute Gasteiger partial charge is 0.476 e. The predicted octanol–water partition coefficient (Wildman–Crippen LogP) is 1.81. The third-order valence-electron chi connectivity index (χ3n) is 2.68. The molecule has 0 atom stereocenters. The molecule has 1 heterocycles. The quantitative estimate of drug-likeness (QED) is 0.888. The number of aryl methyl sites for hydroxylation is 1. The lowest BCUT2D eigenvalue weighted by Gasteiger charge is -2.06. The van der Waals surface area contributed by atoms with Gasteiger partial charge in [-0.2, -0.15) is 5.26 Å². The van der Waals surface area contributed by atoms with Crippen LogP contribution in [0, 0.1) is 18.3 Å². The molecule has 0 fully saturated rings. The molecule has 1 aromatic heterocycles. The Morgan fingerprint density at radius 2 is 2.33 bits per heavy atom. The van der Waals surface area contributed by atoms with Gasteiger partial charge in [0, 0.05) is 12.7 Å². The number of benzene rings is 1. The van der Waals surface area contributed by atoms with Gasteiger partial charge in [-0.25, -0.2) is 9.78 Å². The highest BCUT2D eigenvalue weighted by Crippen LogP contribution is 2.12. The van der Waals surface area contributed by atoms with Crippen molar-refractivity contribution in [3.05, 3.63) is 53.1 Å². The fourth-order valence-corrected chi connectivity index (χ4v) is 1.70. The third kappa shape index (κ3) is 2.38. The third-order valence-corrected chi connectivity index (χ3v) is 2.68. The van der Waals surface area contributed by atoms with Crippen molar-refractivity contribution >= 4 is 5.97 Å². The van der Waals surface area contributed by atoms with Gasteiger partial charge in [0.15, 0.2) is 5.69 Å². The first-order valence-corrected chi connectivity index (χ1v) is 5.35. The zero-order chi connectivity index (χ0) is 13.1. The van der Waals surface area contributed by atoms with Crippen molar-refractivity contribution in [3.63, 3.8) is 0 Å². The lowest BCUT2D eigenvalue weighted by molar-refractivity contribution is 0.0691. The Morgan fingerprint density at radius 3 is 2.89 bits per heavy atom. The molecule has 0 saturated carbocycles. The van der Waals surface area contributed by atoms with Crippen molar-refractivity contribution in [3.8, 4) is 6.07 Å². The molecule has 1 N–H and O–H groups in total. The maximum atomic E-state index is 10.7. The highest BCUT2D eigenvalue weighted by Gasteiger charge is 2.07. The van der Waals surface area contributed by atoms with E-state index in [0.29, 0.717) is 12.1 Å². The molecule has 0 unspecified atom stereocenters. The van der Waals surface area contributed by atoms with Gasteiger partial charge < -0.3 is 9.67 Å². The molecular weight excluding hydrogens is 230 g/mol. The second-order valence-electron chi connectivity index (χ2n) is 3.99. The highest BCUT2D eigenvalue weighted by molar-refractivity contribution is 5.84. The molecule has 0 radical (unpaired) electrons. The predicted molar refractivity (Wildman–Crippen MR) is 64.2 cm³/mol. The Hall–Kier alpha value is -2.61. The molecule has 0 spiro atoms. The molecule has 0 aliphatic carbocycles. The lowest BCUT2D eigenvalue weighted by Crippen LogP contribution is -2.00. The van der Waals surface area contributed by atoms with Crippen LogP contribution in [0.15, 0.2) is 30.7 Å². The number of hydrogen-bond donors (Lipinski definition) is 1. The van der Waals surface area contributed by atoms with E-state index in [0.717, 1.165) is 11.1 Å². The van der Waals surface area contributed by atoms with Gasteiger partial charge in [-0.1, -0.05) is 6.07 Å². The molecule has 2 rings (SSSR count). The smallest absolute Gasteiger partial charge is 0.356 e. The molecule has 90 valence electrons. The molecule has 0 aliphatic rings. The Balaban J connectivity index is 2.23. The molecule has 0 bridgehead atoms. The molecule has 18 heavy (non-hydrogen) atoms. The summed E-state index contributed by atoms with van der Waals surface area (Å²) in [5, 5.41) is 17.6. The Kier molecular flexibility index (Phi) is 3.11. The number of hydrogen-bond acceptors (Lipinski definition) is 3. The van der Waals surface area contributed by atoms with Crippen molar-refractivity contribution < 1.29 is 9.90 Å². The molecule has 5 nitrogen and oxygen atoms in total. The summed E-state index contributed by atoms with van der Waals surface area (Å²) in [4.78, 5) is 14.5. The average Bonchev–Trinajstić information content (AvgIpc) is 2.80. The minimum atomic E-state index is -1.04. The van der Waals surface area contributed by atoms with Crippen LogP contribution in [0.3, 0.4) is 0 Å². The van der Waals surface area contributed by atoms with Crippen LogP contribution in [-0.4, -0.2) is 20.6 Å². The summed E-state index contributed by atoms with van der Waals surface area (Å²) in [6.45, 7) is 2.46. The number of aromatic carboxylic acids is 1. The van der Waals surface area contributed by atoms with Gasteiger partial charge >= 0.3 is 5.97 Å². The highest BCUT2D eigenvalue weighted by atomic mass is 16.4. The fraction of sp³-hybridized carbons (Fsp3) is 0.154. The first-order valence-electron chi connectivity index (χ1n) is 5.35. The number of rotatable bonds is 3. The van der Waals surface area contributed by atoms with E-state index in [1.165, 1.54) is 12.5 Å². The van der Waals surface area contributed by atoms with Crippen LogP contribution in [0.2, 0.25) is 0 Å². The number of aromatic nitrogens is 2. The molecule has 1 aromatic carbocycles. The van der Waals surface area contributed by atoms with E-state index in [-0.39, 0.29) is 5.69 Å². The van der Waals surface area contributed by atoms with E-state index in [4.69, 9.17) is 10.4 Å². The summed E-state index contributed by atoms with van der Waals surface area (Å²) in [7, 11) is 0. The zero-order valence-corrected chi connectivity index (χ0v) is 9.79. The summed E-state index contributed by atoms with van der Waals surface area (Å²) in [6, 6.07) is 7.51. The van der Waals surface area contributed by atoms with Crippen molar-refractivity contribution in [2.45, 2.75) is 13.5 Å². The molecular formula is C13H11N3O2. The van der Waals surface area contributed by atoms with E-state index >= 15 is 0 Å². The average molecular weight is 241 g/mol. The van der Waals surface area contributed by atoms with E-state index in [9.17, 15) is 4.79 Å². The zero-order valence-electron chi connectivity index (χ0n) is 9.79. The van der Waals surface area contributed by atoms with E-state index in [1.54, 1.807) is 10.6 Å². The molecule has 2 aromatic rings. The monoisotopic (exact) mass is 241 g/mol. The summed E-state index contributed by atoms with van der Waals surface area (Å²) in [5.74, 6) is -1.04. The Bertz CT molecular complexity index is 638. The van der Waals surface area contributed by atoms with Gasteiger partial charge in [-0.05, 0) is 30.2 Å². The maximum absolute atomic E-state index is 10.7. The minimum Gasteiger partial charge on any atom is -0.476 e. The molecule has 5 heteroatoms. The van der Waals surface area contributed by atoms with Gasteiger partial charge in [0.2, 0.25) is 0 Å². The minimum absolute atomic E-state index is 0.0290. The van der Waals surface area contributed by atoms with E-state index in [2.05, 4.69) is 11.1 Å². The number of nitrogens with zero attached hydrogens (tertiary/aromatic N) is 3. The molecule has 0 saturated heterocycles. The summed E-state index contributed by atoms with van der Waals surface area (Å²) < 4.78 is 1.71. The van der Waals surface area contributed by atoms with Crippen LogP contribution in [-0.2, 0) is 6.54 Å². The summed E-state index contributed by atoms with van der Waals surface area (Å²) >= 11 is 0. The van der Waals surface area contributed by atoms with Crippen LogP contribution in [0.4, 0.5) is 0 Å². The van der Waals surface area contributed by atoms with E-state index < -0.39 is 5.97 Å². The van der Waals surface area contributed by atoms with Crippen molar-refractivity contribution in [2.24, 2.45) is 0 Å². The maximum Gasteiger partial charge on any atom is 0.356 e. The topological polar surface area (TPSA) is 78.9 Å². The second-order valence-corrected chi connectivity index (χ2v) is 3.99. The van der Waals surface area contributed by atoms with Crippen molar-refractivity contribution in [1.82, 2.24) is 9.55 Å². The van der Waals surface area contributed by atoms with Crippen LogP contribution in [0.25, 0.3) is 0 Å². The van der Waals surface area contributed by atoms with Crippen molar-refractivity contribution in [1.29, 1.82) is 5.26 Å². The summed E-state index contributed by atoms with van der Waals surface area (Å²) in [5.41, 5.74) is 2.68. The second kappa shape index (κ2) is 4.72. The van der Waals surface area contributed by atoms with Crippen LogP contribution < -0.4 is 0 Å². The lowest BCUT2D eigenvalue weighted by atomic mass is 10.1. The van der Waals surface area contributed by atoms with Gasteiger partial charge in [-0.15, -0.1) is 0 Å². The van der Waals surface area contributed by atoms with Gasteiger partial charge in [0.05, 0.1) is 18.0 Å². The number of carboxylic acid groups (broad SMARTS) is 1. The van der Waals surface area contributed by atoms with Gasteiger partial charge in [-0.3, -0.25) is 0 Å². The Labute approximate surface area is 104 Å². The Morgan fingerprint density at radius 1 is 1.56 bits per heavy atom. The summed E-state index contributed by atoms with van der Waals surface area (Å²) in [6.07, 6.45) is 2.97. The van der Waals surface area contributed by atoms with Crippen LogP contribution in [0.5, 0.6) is 0 Å². The number of nitriles is 1. The van der Waals surface area contributed by atoms with E-state index in [1.807, 2.05) is 19.1 Å². The van der Waals surface area contributed by atoms with Gasteiger partial charge in [0.25, 0.3) is 0 Å². The first-order chi connectivity index (χ1) is 8.60. The fourth-order valence-electron chi connectivity index (χ4n) is 1.70. The van der Waals surface area contributed by atoms with Crippen LogP contribution in [0.1, 0.15) is 27.2 Å². The molecule has 0 aliphatic heterocycles. The van der Waals surface area contributed by atoms with Crippen molar-refractivity contribution in [2.75, 3.05) is 0 Å². The first kappa shape index (κ1) is 11.9. The normalized spacial score (nSPS) is 10.0. The number of carboxylic acids is 1. The number of carbonyl (C=O) groups is 1.